The minimum Gasteiger partial charge on any atom is -0.457 e. The Morgan fingerprint density at radius 3 is 2.42 bits per heavy atom. The van der Waals surface area contributed by atoms with Crippen molar-refractivity contribution in [3.8, 4) is 22.6 Å². The van der Waals surface area contributed by atoms with Gasteiger partial charge in [-0.3, -0.25) is 4.90 Å². The van der Waals surface area contributed by atoms with Gasteiger partial charge in [0, 0.05) is 36.9 Å². The van der Waals surface area contributed by atoms with Gasteiger partial charge in [-0.15, -0.1) is 0 Å². The number of benzene rings is 2. The van der Waals surface area contributed by atoms with Crippen LogP contribution in [-0.4, -0.2) is 51.7 Å². The lowest BCUT2D eigenvalue weighted by Crippen LogP contribution is -2.39. The van der Waals surface area contributed by atoms with Gasteiger partial charge in [0.1, 0.15) is 29.3 Å². The summed E-state index contributed by atoms with van der Waals surface area (Å²) in [7, 11) is 0. The Kier molecular flexibility index (Phi) is 6.05. The number of hydrogen-bond donors (Lipinski definition) is 2. The number of nitrogen functional groups attached to an aromatic ring is 1. The molecule has 2 saturated heterocycles. The normalized spacial score (nSPS) is 25.9. The van der Waals surface area contributed by atoms with E-state index in [2.05, 4.69) is 38.1 Å². The zero-order valence-electron chi connectivity index (χ0n) is 21.9. The van der Waals surface area contributed by atoms with Crippen molar-refractivity contribution < 1.29 is 4.74 Å². The molecule has 4 aromatic rings. The van der Waals surface area contributed by atoms with Crippen LogP contribution in [0.25, 0.3) is 22.2 Å². The molecule has 2 aromatic carbocycles. The number of hydrogen-bond acceptors (Lipinski definition) is 6. The van der Waals surface area contributed by atoms with Gasteiger partial charge < -0.3 is 20.4 Å². The number of ether oxygens (including phenoxy) is 1. The highest BCUT2D eigenvalue weighted by Crippen LogP contribution is 2.42. The largest absolute Gasteiger partial charge is 0.457 e. The first-order valence-corrected chi connectivity index (χ1v) is 14.1. The fourth-order valence-corrected chi connectivity index (χ4v) is 7.06. The molecule has 1 unspecified atom stereocenters. The second-order valence-corrected chi connectivity index (χ2v) is 11.5. The van der Waals surface area contributed by atoms with Gasteiger partial charge in [-0.1, -0.05) is 30.3 Å². The first-order chi connectivity index (χ1) is 18.7. The predicted octanol–water partition coefficient (Wildman–Crippen LogP) is 5.64. The quantitative estimate of drug-likeness (QED) is 0.363. The molecule has 3 fully saturated rings. The van der Waals surface area contributed by atoms with E-state index in [1.807, 2.05) is 42.5 Å². The van der Waals surface area contributed by atoms with E-state index in [9.17, 15) is 0 Å². The molecule has 3 aliphatic rings. The molecule has 0 radical (unpaired) electrons. The van der Waals surface area contributed by atoms with Gasteiger partial charge in [0.25, 0.3) is 0 Å². The summed E-state index contributed by atoms with van der Waals surface area (Å²) < 4.78 is 8.38. The molecule has 7 rings (SSSR count). The Labute approximate surface area is 224 Å². The Hall–Kier alpha value is -3.42. The third kappa shape index (κ3) is 4.33. The highest BCUT2D eigenvalue weighted by Gasteiger charge is 2.42. The van der Waals surface area contributed by atoms with Crippen molar-refractivity contribution in [2.75, 3.05) is 31.9 Å². The number of likely N-dealkylation sites (tertiary alicyclic amines) is 1. The summed E-state index contributed by atoms with van der Waals surface area (Å²) in [6.45, 7) is 4.94. The van der Waals surface area contributed by atoms with Crippen molar-refractivity contribution >= 4 is 16.9 Å². The summed E-state index contributed by atoms with van der Waals surface area (Å²) in [4.78, 5) is 11.8. The Morgan fingerprint density at radius 2 is 1.66 bits per heavy atom. The summed E-state index contributed by atoms with van der Waals surface area (Å²) in [5.74, 6) is 2.17. The standard InChI is InChI=1S/C31H36N6O/c32-29-28-27(22-6-12-26(13-7-22)38-25-4-2-1-3-5-25)18-37(30(28)35-21-34-29)24-10-8-23(9-11-24)36-17-15-31(20-36)14-16-33-19-31/h1-7,12-13,18,21,23-24,33H,8-11,14-17,19-20H2,(H2,32,34,35)/t23-,24+,31?. The minimum atomic E-state index is 0.433. The lowest BCUT2D eigenvalue weighted by Gasteiger charge is -2.36. The molecule has 1 saturated carbocycles. The average molecular weight is 509 g/mol. The molecule has 0 amide bonds. The lowest BCUT2D eigenvalue weighted by atomic mass is 9.86. The van der Waals surface area contributed by atoms with Crippen LogP contribution in [0.15, 0.2) is 67.1 Å². The second kappa shape index (κ2) is 9.71. The number of nitrogens with zero attached hydrogens (tertiary/aromatic N) is 4. The first-order valence-electron chi connectivity index (χ1n) is 14.1. The highest BCUT2D eigenvalue weighted by atomic mass is 16.5. The molecular weight excluding hydrogens is 472 g/mol. The number of fused-ring (bicyclic) bond motifs is 1. The topological polar surface area (TPSA) is 81.2 Å². The maximum absolute atomic E-state index is 6.43. The number of nitrogens with one attached hydrogen (secondary N) is 1. The molecule has 0 bridgehead atoms. The van der Waals surface area contributed by atoms with Crippen LogP contribution in [0.5, 0.6) is 11.5 Å². The smallest absolute Gasteiger partial charge is 0.146 e. The van der Waals surface area contributed by atoms with Gasteiger partial charge in [0.2, 0.25) is 0 Å². The van der Waals surface area contributed by atoms with E-state index in [0.29, 0.717) is 23.3 Å². The molecule has 1 aliphatic carbocycles. The van der Waals surface area contributed by atoms with Crippen molar-refractivity contribution in [3.63, 3.8) is 0 Å². The molecule has 196 valence electrons. The fourth-order valence-electron chi connectivity index (χ4n) is 7.06. The molecule has 2 aliphatic heterocycles. The monoisotopic (exact) mass is 508 g/mol. The Balaban J connectivity index is 1.11. The lowest BCUT2D eigenvalue weighted by molar-refractivity contribution is 0.151. The van der Waals surface area contributed by atoms with Crippen LogP contribution in [0.1, 0.15) is 44.6 Å². The number of para-hydroxylation sites is 1. The number of anilines is 1. The zero-order chi connectivity index (χ0) is 25.5. The maximum Gasteiger partial charge on any atom is 0.146 e. The second-order valence-electron chi connectivity index (χ2n) is 11.5. The summed E-state index contributed by atoms with van der Waals surface area (Å²) >= 11 is 0. The van der Waals surface area contributed by atoms with Crippen molar-refractivity contribution in [2.24, 2.45) is 5.41 Å². The molecule has 2 aromatic heterocycles. The van der Waals surface area contributed by atoms with Crippen LogP contribution in [-0.2, 0) is 0 Å². The van der Waals surface area contributed by atoms with E-state index >= 15 is 0 Å². The van der Waals surface area contributed by atoms with Gasteiger partial charge in [0.15, 0.2) is 0 Å². The van der Waals surface area contributed by atoms with Crippen LogP contribution >= 0.6 is 0 Å². The van der Waals surface area contributed by atoms with Gasteiger partial charge >= 0.3 is 0 Å². The predicted molar refractivity (Wildman–Crippen MR) is 151 cm³/mol. The van der Waals surface area contributed by atoms with Gasteiger partial charge in [0.05, 0.1) is 5.39 Å². The van der Waals surface area contributed by atoms with E-state index in [1.54, 1.807) is 6.33 Å². The Morgan fingerprint density at radius 1 is 0.895 bits per heavy atom. The molecule has 3 N–H and O–H groups in total. The van der Waals surface area contributed by atoms with E-state index in [4.69, 9.17) is 15.5 Å². The maximum atomic E-state index is 6.43. The summed E-state index contributed by atoms with van der Waals surface area (Å²) in [6.07, 6.45) is 11.4. The fraction of sp³-hybridized carbons (Fsp3) is 0.419. The van der Waals surface area contributed by atoms with Crippen LogP contribution in [0, 0.1) is 5.41 Å². The zero-order valence-corrected chi connectivity index (χ0v) is 21.9. The average Bonchev–Trinajstić information content (AvgIpc) is 3.70. The van der Waals surface area contributed by atoms with E-state index in [0.717, 1.165) is 33.7 Å². The molecule has 1 spiro atoms. The van der Waals surface area contributed by atoms with Gasteiger partial charge in [-0.05, 0) is 86.9 Å². The molecular formula is C31H36N6O. The van der Waals surface area contributed by atoms with Gasteiger partial charge in [-0.2, -0.15) is 0 Å². The molecule has 7 heteroatoms. The summed E-state index contributed by atoms with van der Waals surface area (Å²) in [6, 6.07) is 19.2. The van der Waals surface area contributed by atoms with Crippen LogP contribution in [0.3, 0.4) is 0 Å². The van der Waals surface area contributed by atoms with E-state index in [1.165, 1.54) is 64.7 Å². The first kappa shape index (κ1) is 23.7. The number of aromatic nitrogens is 3. The van der Waals surface area contributed by atoms with Gasteiger partial charge in [-0.25, -0.2) is 9.97 Å². The van der Waals surface area contributed by atoms with Crippen molar-refractivity contribution in [1.29, 1.82) is 0 Å². The molecule has 7 nitrogen and oxygen atoms in total. The summed E-state index contributed by atoms with van der Waals surface area (Å²) in [5, 5.41) is 4.54. The van der Waals surface area contributed by atoms with Crippen molar-refractivity contribution in [3.05, 3.63) is 67.1 Å². The number of nitrogens with two attached hydrogens (primary N) is 1. The molecule has 38 heavy (non-hydrogen) atoms. The molecule has 1 atom stereocenters. The molecule has 4 heterocycles. The Bertz CT molecular complexity index is 1400. The minimum absolute atomic E-state index is 0.433. The number of rotatable bonds is 5. The highest BCUT2D eigenvalue weighted by molar-refractivity contribution is 6.00. The van der Waals surface area contributed by atoms with Crippen molar-refractivity contribution in [2.45, 2.75) is 50.6 Å². The van der Waals surface area contributed by atoms with E-state index < -0.39 is 0 Å². The van der Waals surface area contributed by atoms with Crippen LogP contribution < -0.4 is 15.8 Å². The third-order valence-electron chi connectivity index (χ3n) is 9.16. The van der Waals surface area contributed by atoms with Crippen molar-refractivity contribution in [1.82, 2.24) is 24.8 Å². The third-order valence-corrected chi connectivity index (χ3v) is 9.16. The van der Waals surface area contributed by atoms with Crippen LogP contribution in [0.4, 0.5) is 5.82 Å². The van der Waals surface area contributed by atoms with E-state index in [-0.39, 0.29) is 0 Å². The van der Waals surface area contributed by atoms with Crippen LogP contribution in [0.2, 0.25) is 0 Å². The SMILES string of the molecule is Nc1ncnc2c1c(-c1ccc(Oc3ccccc3)cc1)cn2[C@H]1CC[C@@H](N2CCC3(CCNC3)C2)CC1. The summed E-state index contributed by atoms with van der Waals surface area (Å²) in [5.41, 5.74) is 10.1.